The molecule has 0 heterocycles. The Morgan fingerprint density at radius 3 is 0.667 bits per heavy atom. The minimum Gasteiger partial charge on any atom is -0.0623 e. The first-order valence-electron chi connectivity index (χ1n) is 3.49. The molecule has 0 saturated carbocycles. The molecule has 0 aliphatic heterocycles. The van der Waals surface area contributed by atoms with Gasteiger partial charge in [-0.3, -0.25) is 0 Å². The Morgan fingerprint density at radius 2 is 0.611 bits per heavy atom. The van der Waals surface area contributed by atoms with Crippen molar-refractivity contribution in [1.82, 2.24) is 0 Å². The largest absolute Gasteiger partial charge is 0.0623 e. The predicted octanol–water partition coefficient (Wildman–Crippen LogP) is 2.87. The normalized spacial score (nSPS) is 6.33. The Kier molecular flexibility index (Phi) is 49.6. The summed E-state index contributed by atoms with van der Waals surface area (Å²) >= 11 is 0. The van der Waals surface area contributed by atoms with E-state index in [4.69, 9.17) is 14.0 Å². The fraction of sp³-hybridized carbons (Fsp3) is 0. The van der Waals surface area contributed by atoms with Gasteiger partial charge in [0.15, 0.2) is 0 Å². The van der Waals surface area contributed by atoms with Crippen LogP contribution in [-0.2, 0) is 31.0 Å². The molecule has 99 valence electrons. The topological polar surface area (TPSA) is 59.7 Å². The molecule has 0 bridgehead atoms. The molecule has 3 nitrogen and oxygen atoms in total. The Morgan fingerprint density at radius 1 is 0.556 bits per heavy atom. The van der Waals surface area contributed by atoms with E-state index in [-0.39, 0.29) is 17.1 Å². The van der Waals surface area contributed by atoms with Crippen LogP contribution in [0, 0.1) is 20.0 Å². The van der Waals surface area contributed by atoms with Crippen LogP contribution >= 0.6 is 0 Å². The van der Waals surface area contributed by atoms with Crippen LogP contribution in [0.15, 0.2) is 36.4 Å². The minimum absolute atomic E-state index is 0. The van der Waals surface area contributed by atoms with Crippen LogP contribution < -0.4 is 0 Å². The van der Waals surface area contributed by atoms with Gasteiger partial charge in [-0.25, -0.2) is 0 Å². The quantitative estimate of drug-likeness (QED) is 0.306. The van der Waals surface area contributed by atoms with Gasteiger partial charge in [-0.2, -0.15) is 0 Å². The maximum absolute atomic E-state index is 9.75. The van der Waals surface area contributed by atoms with Gasteiger partial charge in [0.25, 0.3) is 0 Å². The van der Waals surface area contributed by atoms with E-state index in [0.717, 1.165) is 0 Å². The van der Waals surface area contributed by atoms with E-state index in [1.807, 2.05) is 36.4 Å². The third-order valence-electron chi connectivity index (χ3n) is 0.667. The Labute approximate surface area is 112 Å². The second-order valence-corrected chi connectivity index (χ2v) is 1.65. The van der Waals surface area contributed by atoms with Crippen molar-refractivity contribution in [2.45, 2.75) is 0 Å². The van der Waals surface area contributed by atoms with Crippen LogP contribution in [0.2, 0.25) is 0 Å². The van der Waals surface area contributed by atoms with Crippen LogP contribution in [0.1, 0.15) is 0 Å². The fourth-order valence-corrected chi connectivity index (χ4v) is 0.385. The average molecular weight is 304 g/mol. The van der Waals surface area contributed by atoms with Crippen molar-refractivity contribution in [3.05, 3.63) is 56.3 Å². The second kappa shape index (κ2) is 29.6. The molecule has 1 aromatic rings. The molecule has 0 fully saturated rings. The van der Waals surface area contributed by atoms with Crippen molar-refractivity contribution < 1.29 is 48.3 Å². The van der Waals surface area contributed by atoms with Gasteiger partial charge >= 0.3 is 41.2 Å². The van der Waals surface area contributed by atoms with Gasteiger partial charge in [-0.05, 0) is 0 Å². The van der Waals surface area contributed by atoms with Crippen molar-refractivity contribution in [2.24, 2.45) is 0 Å². The van der Waals surface area contributed by atoms with E-state index in [9.17, 15) is 17.3 Å². The molecular formula is C9H6BF4MnO3-. The molecule has 0 spiro atoms. The molecule has 0 aromatic heterocycles. The molecule has 9 heteroatoms. The van der Waals surface area contributed by atoms with Gasteiger partial charge in [-0.15, -0.1) is 0 Å². The second-order valence-electron chi connectivity index (χ2n) is 1.65. The molecule has 0 aliphatic carbocycles. The van der Waals surface area contributed by atoms with Crippen molar-refractivity contribution >= 4 is 7.25 Å². The first-order chi connectivity index (χ1) is 8.00. The van der Waals surface area contributed by atoms with Gasteiger partial charge in [0.1, 0.15) is 0 Å². The zero-order valence-corrected chi connectivity index (χ0v) is 9.84. The molecule has 0 N–H and O–H groups in total. The first-order valence-corrected chi connectivity index (χ1v) is 3.49. The molecule has 1 rings (SSSR count). The van der Waals surface area contributed by atoms with Crippen molar-refractivity contribution in [3.8, 4) is 0 Å². The van der Waals surface area contributed by atoms with E-state index in [2.05, 4.69) is 20.0 Å². The molecule has 0 amide bonds. The summed E-state index contributed by atoms with van der Waals surface area (Å²) in [6.45, 7) is 13.5. The van der Waals surface area contributed by atoms with Crippen LogP contribution in [-0.4, -0.2) is 7.25 Å². The zero-order chi connectivity index (χ0) is 14.7. The third kappa shape index (κ3) is 124. The van der Waals surface area contributed by atoms with E-state index in [1.165, 1.54) is 0 Å². The van der Waals surface area contributed by atoms with Crippen molar-refractivity contribution in [3.63, 3.8) is 0 Å². The Hall–Kier alpha value is -1.26. The number of rotatable bonds is 0. The summed E-state index contributed by atoms with van der Waals surface area (Å²) in [6, 6.07) is 12.0. The first kappa shape index (κ1) is 30.1. The smallest absolute Gasteiger partial charge is 0 e. The van der Waals surface area contributed by atoms with Crippen molar-refractivity contribution in [1.29, 1.82) is 0 Å². The van der Waals surface area contributed by atoms with Crippen LogP contribution in [0.25, 0.3) is 0 Å². The van der Waals surface area contributed by atoms with Gasteiger partial charge in [0.05, 0.1) is 0 Å². The van der Waals surface area contributed by atoms with Gasteiger partial charge in [0, 0.05) is 17.1 Å². The van der Waals surface area contributed by atoms with Crippen LogP contribution in [0.3, 0.4) is 0 Å². The summed E-state index contributed by atoms with van der Waals surface area (Å²) < 4.78 is 61.5. The maximum Gasteiger partial charge on any atom is 0 e. The summed E-state index contributed by atoms with van der Waals surface area (Å²) in [5.74, 6) is 0. The average Bonchev–Trinajstić information content (AvgIpc) is 2.37. The zero-order valence-electron chi connectivity index (χ0n) is 8.66. The SMILES string of the molecule is F[B-](F)(F)F.[C-]#[O+].[C-]#[O+].[C-]#[O+].[Mn].c1ccccc1. The van der Waals surface area contributed by atoms with E-state index in [1.54, 1.807) is 0 Å². The fourth-order valence-electron chi connectivity index (χ4n) is 0.385. The summed E-state index contributed by atoms with van der Waals surface area (Å²) in [5.41, 5.74) is 0. The van der Waals surface area contributed by atoms with E-state index >= 15 is 0 Å². The molecule has 1 aromatic carbocycles. The molecule has 1 radical (unpaired) electrons. The summed E-state index contributed by atoms with van der Waals surface area (Å²) in [7, 11) is -6.00. The number of benzene rings is 1. The monoisotopic (exact) mass is 304 g/mol. The summed E-state index contributed by atoms with van der Waals surface area (Å²) in [6.07, 6.45) is 0. The Bertz CT molecular complexity index is 240. The molecule has 0 aliphatic rings. The standard InChI is InChI=1S/C6H6.3CO.BF4.Mn/c1-2-4-6-5-3-1;3*1-2;2-1(3,4)5;/h1-6H;;;;;/q;;;;-1;. The molecular weight excluding hydrogens is 298 g/mol. The van der Waals surface area contributed by atoms with Crippen LogP contribution in [0.5, 0.6) is 0 Å². The summed E-state index contributed by atoms with van der Waals surface area (Å²) in [5, 5.41) is 0. The van der Waals surface area contributed by atoms with E-state index < -0.39 is 7.25 Å². The van der Waals surface area contributed by atoms with Crippen LogP contribution in [0.4, 0.5) is 17.3 Å². The number of halogens is 4. The Balaban J connectivity index is -0.0000000431. The summed E-state index contributed by atoms with van der Waals surface area (Å²) in [4.78, 5) is 0. The minimum atomic E-state index is -6.00. The van der Waals surface area contributed by atoms with Gasteiger partial charge in [-0.1, -0.05) is 36.4 Å². The molecule has 0 unspecified atom stereocenters. The molecule has 0 atom stereocenters. The molecule has 0 saturated heterocycles. The van der Waals surface area contributed by atoms with Gasteiger partial charge in [0.2, 0.25) is 0 Å². The third-order valence-corrected chi connectivity index (χ3v) is 0.667. The maximum atomic E-state index is 9.75. The van der Waals surface area contributed by atoms with Crippen molar-refractivity contribution in [2.75, 3.05) is 0 Å². The van der Waals surface area contributed by atoms with E-state index in [0.29, 0.717) is 0 Å². The predicted molar refractivity (Wildman–Crippen MR) is 48.4 cm³/mol. The molecule has 18 heavy (non-hydrogen) atoms. The number of hydrogen-bond acceptors (Lipinski definition) is 0. The van der Waals surface area contributed by atoms with Gasteiger partial charge < -0.3 is 17.3 Å². The number of hydrogen-bond donors (Lipinski definition) is 0.